The molecule has 16 heavy (non-hydrogen) atoms. The fourth-order valence-corrected chi connectivity index (χ4v) is 2.35. The predicted molar refractivity (Wildman–Crippen MR) is 73.8 cm³/mol. The standard InChI is InChI=1S/C10H18N2.2C2H6/c1-8-4-6-12-10-7-11-5-2-3-9(8)10;2*1-2/h9-12H,1-7H2;2*1-2H3. The minimum Gasteiger partial charge on any atom is -0.315 e. The second kappa shape index (κ2) is 9.86. The quantitative estimate of drug-likeness (QED) is 0.621. The summed E-state index contributed by atoms with van der Waals surface area (Å²) in [4.78, 5) is 0. The Labute approximate surface area is 102 Å². The predicted octanol–water partition coefficient (Wildman–Crippen LogP) is 2.96. The number of hydrogen-bond acceptors (Lipinski definition) is 2. The monoisotopic (exact) mass is 226 g/mol. The lowest BCUT2D eigenvalue weighted by atomic mass is 9.84. The molecule has 2 aliphatic rings. The van der Waals surface area contributed by atoms with Crippen LogP contribution in [0.2, 0.25) is 0 Å². The highest BCUT2D eigenvalue weighted by Gasteiger charge is 2.27. The van der Waals surface area contributed by atoms with Crippen molar-refractivity contribution in [3.05, 3.63) is 12.2 Å². The second-order valence-corrected chi connectivity index (χ2v) is 3.92. The molecule has 2 heterocycles. The van der Waals surface area contributed by atoms with Gasteiger partial charge in [-0.25, -0.2) is 0 Å². The normalized spacial score (nSPS) is 28.6. The molecule has 0 aromatic carbocycles. The molecule has 2 N–H and O–H groups in total. The topological polar surface area (TPSA) is 24.1 Å². The van der Waals surface area contributed by atoms with E-state index in [2.05, 4.69) is 17.2 Å². The van der Waals surface area contributed by atoms with Gasteiger partial charge in [-0.15, -0.1) is 0 Å². The van der Waals surface area contributed by atoms with Crippen LogP contribution in [-0.2, 0) is 0 Å². The number of fused-ring (bicyclic) bond motifs is 1. The van der Waals surface area contributed by atoms with Crippen molar-refractivity contribution in [2.24, 2.45) is 5.92 Å². The molecule has 2 heteroatoms. The highest BCUT2D eigenvalue weighted by Crippen LogP contribution is 2.26. The molecule has 0 amide bonds. The highest BCUT2D eigenvalue weighted by atomic mass is 15.0. The third kappa shape index (κ3) is 4.67. The first kappa shape index (κ1) is 15.7. The molecule has 2 atom stereocenters. The number of piperidine rings is 1. The zero-order valence-electron chi connectivity index (χ0n) is 11.6. The largest absolute Gasteiger partial charge is 0.315 e. The van der Waals surface area contributed by atoms with Gasteiger partial charge in [0.05, 0.1) is 0 Å². The van der Waals surface area contributed by atoms with Crippen molar-refractivity contribution in [3.8, 4) is 0 Å². The van der Waals surface area contributed by atoms with E-state index in [-0.39, 0.29) is 0 Å². The highest BCUT2D eigenvalue weighted by molar-refractivity contribution is 5.10. The van der Waals surface area contributed by atoms with Crippen LogP contribution in [0.15, 0.2) is 12.2 Å². The third-order valence-corrected chi connectivity index (χ3v) is 3.10. The smallest absolute Gasteiger partial charge is 0.0257 e. The molecule has 96 valence electrons. The summed E-state index contributed by atoms with van der Waals surface area (Å²) in [6.07, 6.45) is 3.81. The van der Waals surface area contributed by atoms with Crippen molar-refractivity contribution in [2.45, 2.75) is 53.0 Å². The molecule has 2 unspecified atom stereocenters. The van der Waals surface area contributed by atoms with Crippen LogP contribution < -0.4 is 10.6 Å². The molecule has 0 radical (unpaired) electrons. The maximum absolute atomic E-state index is 4.17. The molecule has 0 spiro atoms. The minimum absolute atomic E-state index is 0.661. The summed E-state index contributed by atoms with van der Waals surface area (Å²) >= 11 is 0. The zero-order valence-corrected chi connectivity index (χ0v) is 11.6. The van der Waals surface area contributed by atoms with Gasteiger partial charge in [-0.05, 0) is 38.3 Å². The maximum Gasteiger partial charge on any atom is 0.0257 e. The van der Waals surface area contributed by atoms with Gasteiger partial charge in [-0.3, -0.25) is 0 Å². The van der Waals surface area contributed by atoms with E-state index in [1.165, 1.54) is 31.4 Å². The first-order chi connectivity index (χ1) is 7.88. The van der Waals surface area contributed by atoms with Crippen LogP contribution >= 0.6 is 0 Å². The first-order valence-electron chi connectivity index (χ1n) is 6.99. The number of nitrogens with one attached hydrogen (secondary N) is 2. The summed E-state index contributed by atoms with van der Waals surface area (Å²) in [6, 6.07) is 0.661. The van der Waals surface area contributed by atoms with E-state index in [9.17, 15) is 0 Å². The summed E-state index contributed by atoms with van der Waals surface area (Å²) in [5, 5.41) is 7.03. The van der Waals surface area contributed by atoms with Gasteiger partial charge in [-0.2, -0.15) is 0 Å². The zero-order chi connectivity index (χ0) is 12.4. The first-order valence-corrected chi connectivity index (χ1v) is 6.99. The Balaban J connectivity index is 0.000000509. The Kier molecular flexibility index (Phi) is 9.65. The molecule has 2 nitrogen and oxygen atoms in total. The Bertz CT molecular complexity index is 178. The van der Waals surface area contributed by atoms with Crippen LogP contribution in [-0.4, -0.2) is 25.7 Å². The van der Waals surface area contributed by atoms with Gasteiger partial charge in [0, 0.05) is 12.6 Å². The van der Waals surface area contributed by atoms with Crippen molar-refractivity contribution in [3.63, 3.8) is 0 Å². The molecule has 0 aromatic heterocycles. The lowest BCUT2D eigenvalue weighted by Gasteiger charge is -2.32. The van der Waals surface area contributed by atoms with Gasteiger partial charge in [0.1, 0.15) is 0 Å². The molecule has 0 aliphatic carbocycles. The minimum atomic E-state index is 0.661. The van der Waals surface area contributed by atoms with E-state index in [1.54, 1.807) is 0 Å². The van der Waals surface area contributed by atoms with Gasteiger partial charge < -0.3 is 10.6 Å². The Hall–Kier alpha value is -0.340. The molecule has 2 saturated heterocycles. The average molecular weight is 226 g/mol. The summed E-state index contributed by atoms with van der Waals surface area (Å²) in [7, 11) is 0. The fraction of sp³-hybridized carbons (Fsp3) is 0.857. The van der Waals surface area contributed by atoms with E-state index in [0.29, 0.717) is 6.04 Å². The van der Waals surface area contributed by atoms with Gasteiger partial charge in [0.25, 0.3) is 0 Å². The van der Waals surface area contributed by atoms with Crippen LogP contribution in [0.5, 0.6) is 0 Å². The van der Waals surface area contributed by atoms with Crippen LogP contribution in [0.3, 0.4) is 0 Å². The lowest BCUT2D eigenvalue weighted by Crippen LogP contribution is -2.46. The van der Waals surface area contributed by atoms with E-state index >= 15 is 0 Å². The second-order valence-electron chi connectivity index (χ2n) is 3.92. The Morgan fingerprint density at radius 1 is 1.12 bits per heavy atom. The molecule has 2 rings (SSSR count). The fourth-order valence-electron chi connectivity index (χ4n) is 2.35. The molecule has 2 aliphatic heterocycles. The van der Waals surface area contributed by atoms with Crippen LogP contribution in [0, 0.1) is 5.92 Å². The molecule has 0 saturated carbocycles. The van der Waals surface area contributed by atoms with Crippen molar-refractivity contribution < 1.29 is 0 Å². The third-order valence-electron chi connectivity index (χ3n) is 3.10. The van der Waals surface area contributed by atoms with Crippen molar-refractivity contribution >= 4 is 0 Å². The van der Waals surface area contributed by atoms with Crippen LogP contribution in [0.4, 0.5) is 0 Å². The van der Waals surface area contributed by atoms with E-state index in [0.717, 1.165) is 19.0 Å². The number of rotatable bonds is 0. The van der Waals surface area contributed by atoms with Gasteiger partial charge in [-0.1, -0.05) is 39.8 Å². The molecular weight excluding hydrogens is 196 g/mol. The number of hydrogen-bond donors (Lipinski definition) is 2. The summed E-state index contributed by atoms with van der Waals surface area (Å²) in [5.74, 6) is 0.744. The van der Waals surface area contributed by atoms with Crippen LogP contribution in [0.1, 0.15) is 47.0 Å². The van der Waals surface area contributed by atoms with Gasteiger partial charge >= 0.3 is 0 Å². The SMILES string of the molecule is C=C1CCNC2CNCCCC12.CC.CC. The average Bonchev–Trinajstić information content (AvgIpc) is 2.60. The molecular formula is C14H30N2. The van der Waals surface area contributed by atoms with Crippen LogP contribution in [0.25, 0.3) is 0 Å². The van der Waals surface area contributed by atoms with E-state index in [4.69, 9.17) is 0 Å². The maximum atomic E-state index is 4.17. The molecule has 2 fully saturated rings. The molecule has 0 bridgehead atoms. The summed E-state index contributed by atoms with van der Waals surface area (Å²) < 4.78 is 0. The van der Waals surface area contributed by atoms with E-state index in [1.807, 2.05) is 27.7 Å². The van der Waals surface area contributed by atoms with Crippen molar-refractivity contribution in [1.29, 1.82) is 0 Å². The Morgan fingerprint density at radius 3 is 2.50 bits per heavy atom. The summed E-state index contributed by atoms with van der Waals surface area (Å²) in [6.45, 7) is 15.6. The molecule has 0 aromatic rings. The summed E-state index contributed by atoms with van der Waals surface area (Å²) in [5.41, 5.74) is 1.47. The Morgan fingerprint density at radius 2 is 1.81 bits per heavy atom. The van der Waals surface area contributed by atoms with Gasteiger partial charge in [0.15, 0.2) is 0 Å². The van der Waals surface area contributed by atoms with Gasteiger partial charge in [0.2, 0.25) is 0 Å². The van der Waals surface area contributed by atoms with Crippen molar-refractivity contribution in [2.75, 3.05) is 19.6 Å². The van der Waals surface area contributed by atoms with Crippen molar-refractivity contribution in [1.82, 2.24) is 10.6 Å². The van der Waals surface area contributed by atoms with E-state index < -0.39 is 0 Å². The lowest BCUT2D eigenvalue weighted by molar-refractivity contribution is 0.347.